The summed E-state index contributed by atoms with van der Waals surface area (Å²) in [7, 11) is 0. The van der Waals surface area contributed by atoms with Gasteiger partial charge >= 0.3 is 0 Å². The van der Waals surface area contributed by atoms with Gasteiger partial charge in [-0.1, -0.05) is 54.6 Å². The molecule has 0 spiro atoms. The minimum Gasteiger partial charge on any atom is -0.337 e. The molecule has 0 atom stereocenters. The molecule has 1 heterocycles. The Morgan fingerprint density at radius 3 is 2.35 bits per heavy atom. The summed E-state index contributed by atoms with van der Waals surface area (Å²) in [5.41, 5.74) is 4.08. The maximum Gasteiger partial charge on any atom is 0.246 e. The fraction of sp³-hybridized carbons (Fsp3) is 0.348. The van der Waals surface area contributed by atoms with E-state index in [1.54, 1.807) is 6.08 Å². The first kappa shape index (κ1) is 17.0. The fourth-order valence-corrected chi connectivity index (χ4v) is 3.68. The van der Waals surface area contributed by atoms with Gasteiger partial charge in [-0.15, -0.1) is 0 Å². The third-order valence-electron chi connectivity index (χ3n) is 5.37. The number of nitrogens with zero attached hydrogens (tertiary/aromatic N) is 2. The lowest BCUT2D eigenvalue weighted by atomic mass is 10.0. The van der Waals surface area contributed by atoms with E-state index in [1.807, 2.05) is 41.3 Å². The fourth-order valence-electron chi connectivity index (χ4n) is 3.68. The van der Waals surface area contributed by atoms with Crippen molar-refractivity contribution in [3.8, 4) is 0 Å². The lowest BCUT2D eigenvalue weighted by Crippen LogP contribution is -2.47. The van der Waals surface area contributed by atoms with Gasteiger partial charge in [-0.2, -0.15) is 0 Å². The van der Waals surface area contributed by atoms with Crippen molar-refractivity contribution in [2.75, 3.05) is 26.2 Å². The molecule has 1 saturated heterocycles. The largest absolute Gasteiger partial charge is 0.337 e. The zero-order valence-corrected chi connectivity index (χ0v) is 15.2. The van der Waals surface area contributed by atoms with Gasteiger partial charge < -0.3 is 4.90 Å². The second-order valence-electron chi connectivity index (χ2n) is 7.32. The first-order valence-electron chi connectivity index (χ1n) is 9.62. The summed E-state index contributed by atoms with van der Waals surface area (Å²) in [6.07, 6.45) is 6.29. The number of carbonyl (C=O) groups is 1. The maximum absolute atomic E-state index is 12.4. The van der Waals surface area contributed by atoms with Crippen LogP contribution in [0, 0.1) is 0 Å². The average Bonchev–Trinajstić information content (AvgIpc) is 3.53. The van der Waals surface area contributed by atoms with Crippen LogP contribution in [0.2, 0.25) is 0 Å². The van der Waals surface area contributed by atoms with Gasteiger partial charge in [0, 0.05) is 38.8 Å². The highest BCUT2D eigenvalue weighted by molar-refractivity contribution is 5.91. The van der Waals surface area contributed by atoms with Crippen LogP contribution in [-0.2, 0) is 11.3 Å². The molecule has 2 fully saturated rings. The van der Waals surface area contributed by atoms with Crippen molar-refractivity contribution in [2.24, 2.45) is 0 Å². The van der Waals surface area contributed by atoms with Gasteiger partial charge in [0.2, 0.25) is 5.91 Å². The minimum atomic E-state index is 0.117. The van der Waals surface area contributed by atoms with Gasteiger partial charge in [0.1, 0.15) is 0 Å². The molecule has 2 aromatic carbocycles. The minimum absolute atomic E-state index is 0.117. The standard InChI is InChI=1S/C23H26N2O/c26-23(13-10-19-6-2-1-3-7-19)25-16-14-24(15-17-25)18-21-8-4-5-9-22(21)20-11-12-20/h1-10,13,20H,11-12,14-18H2. The molecule has 2 aliphatic rings. The summed E-state index contributed by atoms with van der Waals surface area (Å²) in [6.45, 7) is 4.52. The van der Waals surface area contributed by atoms with E-state index in [0.29, 0.717) is 0 Å². The third kappa shape index (κ3) is 4.23. The highest BCUT2D eigenvalue weighted by Gasteiger charge is 2.27. The SMILES string of the molecule is O=C(C=Cc1ccccc1)N1CCN(Cc2ccccc2C2CC2)CC1. The van der Waals surface area contributed by atoms with Gasteiger partial charge in [-0.3, -0.25) is 9.69 Å². The Balaban J connectivity index is 1.30. The molecule has 0 aromatic heterocycles. The number of piperazine rings is 1. The summed E-state index contributed by atoms with van der Waals surface area (Å²) in [5, 5.41) is 0. The number of hydrogen-bond acceptors (Lipinski definition) is 2. The Labute approximate surface area is 155 Å². The number of hydrogen-bond donors (Lipinski definition) is 0. The van der Waals surface area contributed by atoms with E-state index in [-0.39, 0.29) is 5.91 Å². The number of rotatable bonds is 5. The van der Waals surface area contributed by atoms with Crippen molar-refractivity contribution in [1.29, 1.82) is 0 Å². The second-order valence-corrected chi connectivity index (χ2v) is 7.32. The summed E-state index contributed by atoms with van der Waals surface area (Å²) in [5.74, 6) is 0.907. The van der Waals surface area contributed by atoms with Gasteiger partial charge in [0.25, 0.3) is 0 Å². The van der Waals surface area contributed by atoms with Crippen molar-refractivity contribution in [2.45, 2.75) is 25.3 Å². The molecule has 0 unspecified atom stereocenters. The molecule has 1 saturated carbocycles. The molecule has 0 N–H and O–H groups in total. The van der Waals surface area contributed by atoms with Crippen LogP contribution in [0.25, 0.3) is 6.08 Å². The Morgan fingerprint density at radius 2 is 1.62 bits per heavy atom. The number of benzene rings is 2. The second kappa shape index (κ2) is 7.88. The molecule has 2 aromatic rings. The van der Waals surface area contributed by atoms with E-state index in [9.17, 15) is 4.79 Å². The highest BCUT2D eigenvalue weighted by atomic mass is 16.2. The van der Waals surface area contributed by atoms with Crippen LogP contribution in [0.4, 0.5) is 0 Å². The third-order valence-corrected chi connectivity index (χ3v) is 5.37. The summed E-state index contributed by atoms with van der Waals surface area (Å²) < 4.78 is 0. The van der Waals surface area contributed by atoms with E-state index in [4.69, 9.17) is 0 Å². The molecule has 1 aliphatic heterocycles. The van der Waals surface area contributed by atoms with Gasteiger partial charge in [-0.05, 0) is 41.5 Å². The summed E-state index contributed by atoms with van der Waals surface area (Å²) >= 11 is 0. The zero-order valence-electron chi connectivity index (χ0n) is 15.2. The molecule has 0 bridgehead atoms. The Bertz CT molecular complexity index is 772. The molecule has 134 valence electrons. The van der Waals surface area contributed by atoms with E-state index < -0.39 is 0 Å². The smallest absolute Gasteiger partial charge is 0.246 e. The lowest BCUT2D eigenvalue weighted by molar-refractivity contribution is -0.127. The first-order valence-corrected chi connectivity index (χ1v) is 9.62. The van der Waals surface area contributed by atoms with Crippen molar-refractivity contribution in [1.82, 2.24) is 9.80 Å². The van der Waals surface area contributed by atoms with Crippen LogP contribution in [-0.4, -0.2) is 41.9 Å². The van der Waals surface area contributed by atoms with Crippen LogP contribution >= 0.6 is 0 Å². The van der Waals surface area contributed by atoms with Crippen LogP contribution in [0.5, 0.6) is 0 Å². The molecule has 4 rings (SSSR count). The van der Waals surface area contributed by atoms with E-state index in [0.717, 1.165) is 44.2 Å². The van der Waals surface area contributed by atoms with Crippen molar-refractivity contribution >= 4 is 12.0 Å². The Morgan fingerprint density at radius 1 is 0.923 bits per heavy atom. The van der Waals surface area contributed by atoms with Crippen molar-refractivity contribution in [3.63, 3.8) is 0 Å². The molecule has 0 radical (unpaired) electrons. The predicted octanol–water partition coefficient (Wildman–Crippen LogP) is 3.92. The molecular weight excluding hydrogens is 320 g/mol. The molecule has 26 heavy (non-hydrogen) atoms. The quantitative estimate of drug-likeness (QED) is 0.766. The maximum atomic E-state index is 12.4. The van der Waals surface area contributed by atoms with Gasteiger partial charge in [-0.25, -0.2) is 0 Å². The highest BCUT2D eigenvalue weighted by Crippen LogP contribution is 2.41. The molecule has 3 nitrogen and oxygen atoms in total. The summed E-state index contributed by atoms with van der Waals surface area (Å²) in [4.78, 5) is 16.8. The van der Waals surface area contributed by atoms with Gasteiger partial charge in [0.05, 0.1) is 0 Å². The molecule has 3 heteroatoms. The number of amides is 1. The topological polar surface area (TPSA) is 23.6 Å². The molecule has 1 aliphatic carbocycles. The Kier molecular flexibility index (Phi) is 5.16. The Hall–Kier alpha value is -2.39. The lowest BCUT2D eigenvalue weighted by Gasteiger charge is -2.34. The van der Waals surface area contributed by atoms with Crippen molar-refractivity contribution in [3.05, 3.63) is 77.4 Å². The summed E-state index contributed by atoms with van der Waals surface area (Å²) in [6, 6.07) is 18.9. The van der Waals surface area contributed by atoms with Crippen LogP contribution in [0.3, 0.4) is 0 Å². The van der Waals surface area contributed by atoms with Crippen LogP contribution < -0.4 is 0 Å². The molecular formula is C23H26N2O. The van der Waals surface area contributed by atoms with E-state index >= 15 is 0 Å². The molecule has 1 amide bonds. The zero-order chi connectivity index (χ0) is 17.8. The number of carbonyl (C=O) groups excluding carboxylic acids is 1. The monoisotopic (exact) mass is 346 g/mol. The van der Waals surface area contributed by atoms with Crippen LogP contribution in [0.1, 0.15) is 35.4 Å². The average molecular weight is 346 g/mol. The van der Waals surface area contributed by atoms with Crippen molar-refractivity contribution < 1.29 is 4.79 Å². The van der Waals surface area contributed by atoms with Gasteiger partial charge in [0.15, 0.2) is 0 Å². The normalized spacial score (nSPS) is 18.4. The first-order chi connectivity index (χ1) is 12.8. The van der Waals surface area contributed by atoms with Crippen LogP contribution in [0.15, 0.2) is 60.7 Å². The van der Waals surface area contributed by atoms with E-state index in [2.05, 4.69) is 29.2 Å². The van der Waals surface area contributed by atoms with E-state index in [1.165, 1.54) is 24.0 Å². The predicted molar refractivity (Wildman–Crippen MR) is 106 cm³/mol.